The van der Waals surface area contributed by atoms with E-state index in [1.807, 2.05) is 0 Å². The molecule has 0 saturated heterocycles. The highest BCUT2D eigenvalue weighted by atomic mass is 79.9. The molecule has 0 amide bonds. The lowest BCUT2D eigenvalue weighted by molar-refractivity contribution is -0.134. The third-order valence-electron chi connectivity index (χ3n) is 1.96. The van der Waals surface area contributed by atoms with Crippen molar-refractivity contribution in [3.8, 4) is 0 Å². The Hall–Kier alpha value is 0.300. The fraction of sp³-hybridized carbons (Fsp3) is 0.667. The molecule has 4 heteroatoms. The fourth-order valence-corrected chi connectivity index (χ4v) is 2.42. The second-order valence-corrected chi connectivity index (χ2v) is 3.92. The van der Waals surface area contributed by atoms with Crippen LogP contribution in [0.4, 0.5) is 0 Å². The molecule has 0 spiro atoms. The minimum atomic E-state index is -0.722. The summed E-state index contributed by atoms with van der Waals surface area (Å²) < 4.78 is -0.374. The monoisotopic (exact) mass is 268 g/mol. The molecule has 1 saturated carbocycles. The molecule has 0 aromatic rings. The zero-order valence-electron chi connectivity index (χ0n) is 5.19. The Labute approximate surface area is 75.6 Å². The van der Waals surface area contributed by atoms with Gasteiger partial charge in [0.15, 0.2) is 0 Å². The van der Waals surface area contributed by atoms with Crippen LogP contribution >= 0.6 is 31.9 Å². The summed E-state index contributed by atoms with van der Waals surface area (Å²) in [5.41, 5.74) is -0.722. The summed E-state index contributed by atoms with van der Waals surface area (Å²) in [5.74, 6) is 0. The van der Waals surface area contributed by atoms with E-state index in [0.717, 1.165) is 6.42 Å². The van der Waals surface area contributed by atoms with E-state index < -0.39 is 5.41 Å². The maximum absolute atomic E-state index is 10.9. The molecule has 1 aliphatic rings. The van der Waals surface area contributed by atoms with Crippen molar-refractivity contribution in [3.05, 3.63) is 0 Å². The molecule has 1 aliphatic carbocycles. The van der Waals surface area contributed by atoms with Crippen molar-refractivity contribution in [2.24, 2.45) is 5.41 Å². The van der Waals surface area contributed by atoms with Gasteiger partial charge >= 0.3 is 0 Å². The number of hydrogen-bond donors (Lipinski definition) is 0. The quantitative estimate of drug-likeness (QED) is 0.568. The number of rotatable bonds is 2. The first-order valence-electron chi connectivity index (χ1n) is 2.99. The van der Waals surface area contributed by atoms with Gasteiger partial charge in [0.1, 0.15) is 5.41 Å². The largest absolute Gasteiger partial charge is 0.286 e. The van der Waals surface area contributed by atoms with Gasteiger partial charge in [-0.2, -0.15) is 0 Å². The Morgan fingerprint density at radius 3 is 1.50 bits per heavy atom. The Balaban J connectivity index is 2.78. The summed E-state index contributed by atoms with van der Waals surface area (Å²) >= 11 is 5.64. The van der Waals surface area contributed by atoms with Crippen molar-refractivity contribution >= 4 is 41.2 Å². The Morgan fingerprint density at radius 2 is 1.50 bits per heavy atom. The highest BCUT2D eigenvalue weighted by Gasteiger charge is 2.48. The van der Waals surface area contributed by atoms with Crippen LogP contribution in [0.25, 0.3) is 0 Å². The first kappa shape index (κ1) is 8.40. The lowest BCUT2D eigenvalue weighted by atomic mass is 9.71. The third-order valence-corrected chi connectivity index (χ3v) is 3.48. The van der Waals surface area contributed by atoms with E-state index in [9.17, 15) is 9.59 Å². The first-order chi connectivity index (χ1) is 4.59. The van der Waals surface area contributed by atoms with Crippen LogP contribution in [0.2, 0.25) is 0 Å². The SMILES string of the molecule is O=C(Br)C1(C(=O)Br)CCC1. The molecule has 0 aliphatic heterocycles. The molecule has 0 radical (unpaired) electrons. The first-order valence-corrected chi connectivity index (χ1v) is 4.58. The molecule has 10 heavy (non-hydrogen) atoms. The van der Waals surface area contributed by atoms with Crippen LogP contribution in [0, 0.1) is 5.41 Å². The maximum atomic E-state index is 10.9. The molecule has 0 aromatic carbocycles. The average molecular weight is 270 g/mol. The Kier molecular flexibility index (Phi) is 2.30. The summed E-state index contributed by atoms with van der Waals surface area (Å²) in [7, 11) is 0. The molecule has 0 bridgehead atoms. The van der Waals surface area contributed by atoms with E-state index in [4.69, 9.17) is 0 Å². The van der Waals surface area contributed by atoms with Crippen LogP contribution < -0.4 is 0 Å². The van der Waals surface area contributed by atoms with Gasteiger partial charge < -0.3 is 0 Å². The maximum Gasteiger partial charge on any atom is 0.212 e. The molecule has 0 N–H and O–H groups in total. The van der Waals surface area contributed by atoms with Gasteiger partial charge in [-0.05, 0) is 44.7 Å². The highest BCUT2D eigenvalue weighted by Crippen LogP contribution is 2.45. The van der Waals surface area contributed by atoms with E-state index in [0.29, 0.717) is 12.8 Å². The normalized spacial score (nSPS) is 21.4. The molecule has 0 heterocycles. The van der Waals surface area contributed by atoms with E-state index in [-0.39, 0.29) is 9.39 Å². The van der Waals surface area contributed by atoms with Gasteiger partial charge in [0.25, 0.3) is 0 Å². The summed E-state index contributed by atoms with van der Waals surface area (Å²) in [6, 6.07) is 0. The standard InChI is InChI=1S/C6H6Br2O2/c7-4(9)6(5(8)10)2-1-3-6/h1-3H2. The molecule has 0 atom stereocenters. The highest BCUT2D eigenvalue weighted by molar-refractivity contribution is 9.19. The van der Waals surface area contributed by atoms with Crippen LogP contribution in [0.5, 0.6) is 0 Å². The van der Waals surface area contributed by atoms with E-state index in [1.165, 1.54) is 0 Å². The van der Waals surface area contributed by atoms with Crippen molar-refractivity contribution in [1.29, 1.82) is 0 Å². The van der Waals surface area contributed by atoms with Crippen LogP contribution in [0.15, 0.2) is 0 Å². The number of carbonyl (C=O) groups excluding carboxylic acids is 2. The number of hydrogen-bond acceptors (Lipinski definition) is 2. The number of halogens is 2. The second-order valence-electron chi connectivity index (χ2n) is 2.48. The van der Waals surface area contributed by atoms with Gasteiger partial charge in [-0.15, -0.1) is 0 Å². The molecule has 2 nitrogen and oxygen atoms in total. The molecule has 56 valence electrons. The van der Waals surface area contributed by atoms with E-state index in [1.54, 1.807) is 0 Å². The fourth-order valence-electron chi connectivity index (χ4n) is 1.00. The Bertz CT molecular complexity index is 168. The third kappa shape index (κ3) is 1.07. The van der Waals surface area contributed by atoms with Gasteiger partial charge in [0.05, 0.1) is 0 Å². The second kappa shape index (κ2) is 2.74. The molecule has 1 rings (SSSR count). The minimum Gasteiger partial charge on any atom is -0.286 e. The topological polar surface area (TPSA) is 34.1 Å². The van der Waals surface area contributed by atoms with Crippen LogP contribution in [0.1, 0.15) is 19.3 Å². The molecule has 1 fully saturated rings. The van der Waals surface area contributed by atoms with E-state index in [2.05, 4.69) is 31.9 Å². The predicted octanol–water partition coefficient (Wildman–Crippen LogP) is 2.00. The summed E-state index contributed by atoms with van der Waals surface area (Å²) in [4.78, 5) is 21.7. The smallest absolute Gasteiger partial charge is 0.212 e. The summed E-state index contributed by atoms with van der Waals surface area (Å²) in [6.07, 6.45) is 2.33. The summed E-state index contributed by atoms with van der Waals surface area (Å²) in [6.45, 7) is 0. The van der Waals surface area contributed by atoms with Crippen LogP contribution in [-0.4, -0.2) is 9.39 Å². The summed E-state index contributed by atoms with van der Waals surface area (Å²) in [5, 5.41) is 0. The lowest BCUT2D eigenvalue weighted by Gasteiger charge is -2.34. The van der Waals surface area contributed by atoms with Crippen molar-refractivity contribution in [2.45, 2.75) is 19.3 Å². The minimum absolute atomic E-state index is 0.187. The van der Waals surface area contributed by atoms with Gasteiger partial charge in [0, 0.05) is 0 Å². The lowest BCUT2D eigenvalue weighted by Crippen LogP contribution is -2.40. The van der Waals surface area contributed by atoms with E-state index >= 15 is 0 Å². The molecule has 0 aromatic heterocycles. The van der Waals surface area contributed by atoms with Crippen molar-refractivity contribution in [1.82, 2.24) is 0 Å². The average Bonchev–Trinajstić information content (AvgIpc) is 1.57. The van der Waals surface area contributed by atoms with Gasteiger partial charge in [-0.1, -0.05) is 6.42 Å². The number of carbonyl (C=O) groups is 2. The zero-order valence-corrected chi connectivity index (χ0v) is 8.37. The van der Waals surface area contributed by atoms with Crippen molar-refractivity contribution < 1.29 is 9.59 Å². The van der Waals surface area contributed by atoms with Crippen molar-refractivity contribution in [3.63, 3.8) is 0 Å². The van der Waals surface area contributed by atoms with Crippen LogP contribution in [0.3, 0.4) is 0 Å². The Morgan fingerprint density at radius 1 is 1.10 bits per heavy atom. The zero-order chi connectivity index (χ0) is 7.78. The van der Waals surface area contributed by atoms with Crippen LogP contribution in [-0.2, 0) is 9.59 Å². The van der Waals surface area contributed by atoms with Gasteiger partial charge in [-0.3, -0.25) is 9.59 Å². The van der Waals surface area contributed by atoms with Gasteiger partial charge in [-0.25, -0.2) is 0 Å². The molecule has 0 unspecified atom stereocenters. The van der Waals surface area contributed by atoms with Gasteiger partial charge in [0.2, 0.25) is 9.39 Å². The predicted molar refractivity (Wildman–Crippen MR) is 44.2 cm³/mol. The molecular formula is C6H6Br2O2. The molecular weight excluding hydrogens is 264 g/mol. The van der Waals surface area contributed by atoms with Crippen molar-refractivity contribution in [2.75, 3.05) is 0 Å².